The van der Waals surface area contributed by atoms with Gasteiger partial charge < -0.3 is 19.1 Å². The van der Waals surface area contributed by atoms with Crippen LogP contribution in [0.3, 0.4) is 0 Å². The maximum atomic E-state index is 12.5. The fraction of sp³-hybridized carbons (Fsp3) is 0.650. The Morgan fingerprint density at radius 2 is 2.00 bits per heavy atom. The van der Waals surface area contributed by atoms with Gasteiger partial charge in [0.15, 0.2) is 0 Å². The fourth-order valence-electron chi connectivity index (χ4n) is 3.36. The third-order valence-corrected chi connectivity index (χ3v) is 5.01. The highest BCUT2D eigenvalue weighted by Crippen LogP contribution is 2.14. The van der Waals surface area contributed by atoms with E-state index >= 15 is 0 Å². The maximum absolute atomic E-state index is 12.5. The van der Waals surface area contributed by atoms with Crippen molar-refractivity contribution in [1.82, 2.24) is 9.80 Å². The first-order valence-electron chi connectivity index (χ1n) is 9.64. The van der Waals surface area contributed by atoms with Crippen molar-refractivity contribution in [2.45, 2.75) is 32.0 Å². The monoisotopic (exact) mass is 362 g/mol. The minimum Gasteiger partial charge on any atom is -0.492 e. The number of hydrogen-bond acceptors (Lipinski definition) is 5. The maximum Gasteiger partial charge on any atom is 0.251 e. The van der Waals surface area contributed by atoms with E-state index in [1.165, 1.54) is 0 Å². The van der Waals surface area contributed by atoms with E-state index in [0.29, 0.717) is 13.2 Å². The fourth-order valence-corrected chi connectivity index (χ4v) is 3.36. The second-order valence-corrected chi connectivity index (χ2v) is 6.94. The summed E-state index contributed by atoms with van der Waals surface area (Å²) in [7, 11) is 0. The molecule has 2 atom stereocenters. The average molecular weight is 362 g/mol. The smallest absolute Gasteiger partial charge is 0.251 e. The number of nitrogens with zero attached hydrogens (tertiary/aromatic N) is 2. The van der Waals surface area contributed by atoms with Crippen LogP contribution in [0, 0.1) is 0 Å². The van der Waals surface area contributed by atoms with Crippen molar-refractivity contribution in [2.24, 2.45) is 0 Å². The van der Waals surface area contributed by atoms with Crippen LogP contribution in [-0.2, 0) is 14.3 Å². The average Bonchev–Trinajstić information content (AvgIpc) is 3.20. The second kappa shape index (κ2) is 9.90. The molecule has 2 unspecified atom stereocenters. The predicted molar refractivity (Wildman–Crippen MR) is 99.3 cm³/mol. The van der Waals surface area contributed by atoms with Gasteiger partial charge in [0.25, 0.3) is 5.91 Å². The van der Waals surface area contributed by atoms with Crippen LogP contribution < -0.4 is 4.74 Å². The Balaban J connectivity index is 1.31. The normalized spacial score (nSPS) is 22.3. The molecule has 2 saturated heterocycles. The number of amides is 1. The number of benzene rings is 1. The number of hydrogen-bond donors (Lipinski definition) is 0. The highest BCUT2D eigenvalue weighted by molar-refractivity contribution is 5.80. The summed E-state index contributed by atoms with van der Waals surface area (Å²) >= 11 is 0. The standard InChI is InChI=1S/C20H30N2O4/c1-17(26-16-19-8-5-14-24-19)20(23)22-11-9-21(10-12-22)13-15-25-18-6-3-2-4-7-18/h2-4,6-7,17,19H,5,8-16H2,1H3. The van der Waals surface area contributed by atoms with Crippen LogP contribution in [0.25, 0.3) is 0 Å². The second-order valence-electron chi connectivity index (χ2n) is 6.94. The summed E-state index contributed by atoms with van der Waals surface area (Å²) < 4.78 is 17.0. The molecule has 1 aromatic rings. The molecule has 6 nitrogen and oxygen atoms in total. The Kier molecular flexibility index (Phi) is 7.29. The first-order valence-corrected chi connectivity index (χ1v) is 9.64. The zero-order chi connectivity index (χ0) is 18.2. The van der Waals surface area contributed by atoms with Crippen LogP contribution in [0.2, 0.25) is 0 Å². The van der Waals surface area contributed by atoms with E-state index in [4.69, 9.17) is 14.2 Å². The SMILES string of the molecule is CC(OCC1CCCO1)C(=O)N1CCN(CCOc2ccccc2)CC1. The van der Waals surface area contributed by atoms with Crippen LogP contribution in [0.15, 0.2) is 30.3 Å². The largest absolute Gasteiger partial charge is 0.492 e. The van der Waals surface area contributed by atoms with Gasteiger partial charge in [-0.15, -0.1) is 0 Å². The topological polar surface area (TPSA) is 51.2 Å². The Bertz CT molecular complexity index is 540. The summed E-state index contributed by atoms with van der Waals surface area (Å²) in [6, 6.07) is 9.86. The molecule has 2 aliphatic rings. The third-order valence-electron chi connectivity index (χ3n) is 5.01. The van der Waals surface area contributed by atoms with E-state index in [2.05, 4.69) is 4.90 Å². The van der Waals surface area contributed by atoms with Gasteiger partial charge in [0, 0.05) is 39.3 Å². The quantitative estimate of drug-likeness (QED) is 0.706. The van der Waals surface area contributed by atoms with Crippen LogP contribution in [-0.4, -0.2) is 80.5 Å². The molecule has 2 heterocycles. The van der Waals surface area contributed by atoms with E-state index in [9.17, 15) is 4.79 Å². The molecular formula is C20H30N2O4. The lowest BCUT2D eigenvalue weighted by atomic mass is 10.2. The summed E-state index contributed by atoms with van der Waals surface area (Å²) in [4.78, 5) is 16.8. The van der Waals surface area contributed by atoms with Gasteiger partial charge in [-0.2, -0.15) is 0 Å². The molecule has 0 N–H and O–H groups in total. The highest BCUT2D eigenvalue weighted by atomic mass is 16.5. The Morgan fingerprint density at radius 1 is 1.23 bits per heavy atom. The Hall–Kier alpha value is -1.63. The van der Waals surface area contributed by atoms with Gasteiger partial charge in [0.2, 0.25) is 0 Å². The van der Waals surface area contributed by atoms with E-state index in [0.717, 1.165) is 57.9 Å². The number of rotatable bonds is 8. The van der Waals surface area contributed by atoms with Gasteiger partial charge in [-0.3, -0.25) is 9.69 Å². The first-order chi connectivity index (χ1) is 12.7. The van der Waals surface area contributed by atoms with Crippen molar-refractivity contribution in [1.29, 1.82) is 0 Å². The summed E-state index contributed by atoms with van der Waals surface area (Å²) in [6.07, 6.45) is 1.88. The molecule has 2 fully saturated rings. The van der Waals surface area contributed by atoms with Gasteiger partial charge in [0.05, 0.1) is 12.7 Å². The molecule has 3 rings (SSSR count). The summed E-state index contributed by atoms with van der Waals surface area (Å²) in [5.74, 6) is 0.988. The predicted octanol–water partition coefficient (Wildman–Crippen LogP) is 1.79. The Morgan fingerprint density at radius 3 is 2.69 bits per heavy atom. The van der Waals surface area contributed by atoms with Crippen LogP contribution in [0.1, 0.15) is 19.8 Å². The van der Waals surface area contributed by atoms with Crippen LogP contribution in [0.5, 0.6) is 5.75 Å². The molecule has 0 aliphatic carbocycles. The number of ether oxygens (including phenoxy) is 3. The molecule has 26 heavy (non-hydrogen) atoms. The molecule has 1 aromatic carbocycles. The third kappa shape index (κ3) is 5.69. The molecule has 0 aromatic heterocycles. The summed E-state index contributed by atoms with van der Waals surface area (Å²) in [5.41, 5.74) is 0. The molecule has 0 spiro atoms. The van der Waals surface area contributed by atoms with E-state index in [1.54, 1.807) is 0 Å². The molecule has 0 bridgehead atoms. The van der Waals surface area contributed by atoms with Gasteiger partial charge in [-0.25, -0.2) is 0 Å². The van der Waals surface area contributed by atoms with Crippen molar-refractivity contribution in [3.05, 3.63) is 30.3 Å². The van der Waals surface area contributed by atoms with E-state index in [1.807, 2.05) is 42.2 Å². The molecule has 0 radical (unpaired) electrons. The van der Waals surface area contributed by atoms with E-state index in [-0.39, 0.29) is 12.0 Å². The zero-order valence-corrected chi connectivity index (χ0v) is 15.6. The van der Waals surface area contributed by atoms with Gasteiger partial charge in [-0.1, -0.05) is 18.2 Å². The minimum absolute atomic E-state index is 0.0863. The first kappa shape index (κ1) is 19.1. The number of carbonyl (C=O) groups excluding carboxylic acids is 1. The number of carbonyl (C=O) groups is 1. The lowest BCUT2D eigenvalue weighted by Gasteiger charge is -2.35. The van der Waals surface area contributed by atoms with Gasteiger partial charge >= 0.3 is 0 Å². The van der Waals surface area contributed by atoms with Crippen molar-refractivity contribution in [3.63, 3.8) is 0 Å². The van der Waals surface area contributed by atoms with Gasteiger partial charge in [-0.05, 0) is 31.9 Å². The summed E-state index contributed by atoms with van der Waals surface area (Å²) in [6.45, 7) is 7.97. The highest BCUT2D eigenvalue weighted by Gasteiger charge is 2.26. The molecular weight excluding hydrogens is 332 g/mol. The van der Waals surface area contributed by atoms with Gasteiger partial charge in [0.1, 0.15) is 18.5 Å². The summed E-state index contributed by atoms with van der Waals surface area (Å²) in [5, 5.41) is 0. The van der Waals surface area contributed by atoms with Crippen LogP contribution >= 0.6 is 0 Å². The number of piperazine rings is 1. The number of para-hydroxylation sites is 1. The zero-order valence-electron chi connectivity index (χ0n) is 15.6. The van der Waals surface area contributed by atoms with Crippen molar-refractivity contribution < 1.29 is 19.0 Å². The Labute approximate surface area is 156 Å². The van der Waals surface area contributed by atoms with Crippen molar-refractivity contribution in [2.75, 3.05) is 52.5 Å². The van der Waals surface area contributed by atoms with Crippen molar-refractivity contribution >= 4 is 5.91 Å². The molecule has 144 valence electrons. The molecule has 1 amide bonds. The van der Waals surface area contributed by atoms with Crippen LogP contribution in [0.4, 0.5) is 0 Å². The molecule has 6 heteroatoms. The molecule has 0 saturated carbocycles. The van der Waals surface area contributed by atoms with Crippen molar-refractivity contribution in [3.8, 4) is 5.75 Å². The molecule has 2 aliphatic heterocycles. The van der Waals surface area contributed by atoms with E-state index < -0.39 is 6.10 Å². The minimum atomic E-state index is -0.396. The lowest BCUT2D eigenvalue weighted by Crippen LogP contribution is -2.52. The lowest BCUT2D eigenvalue weighted by molar-refractivity contribution is -0.146.